The lowest BCUT2D eigenvalue weighted by Gasteiger charge is -2.19. The Morgan fingerprint density at radius 3 is 2.27 bits per heavy atom. The van der Waals surface area contributed by atoms with Gasteiger partial charge in [0.2, 0.25) is 0 Å². The van der Waals surface area contributed by atoms with E-state index >= 15 is 0 Å². The van der Waals surface area contributed by atoms with Gasteiger partial charge >= 0.3 is 5.97 Å². The van der Waals surface area contributed by atoms with Gasteiger partial charge in [0.05, 0.1) is 23.8 Å². The van der Waals surface area contributed by atoms with Crippen LogP contribution in [0.2, 0.25) is 0 Å². The number of rotatable bonds is 9. The van der Waals surface area contributed by atoms with Crippen molar-refractivity contribution in [3.63, 3.8) is 0 Å². The second-order valence-corrected chi connectivity index (χ2v) is 8.96. The summed E-state index contributed by atoms with van der Waals surface area (Å²) in [5, 5.41) is 14.7. The van der Waals surface area contributed by atoms with E-state index in [4.69, 9.17) is 14.2 Å². The number of non-ortho nitro benzene ring substituents is 1. The summed E-state index contributed by atoms with van der Waals surface area (Å²) in [7, 11) is 1.41. The number of hydrazone groups is 1. The van der Waals surface area contributed by atoms with Crippen LogP contribution >= 0.6 is 0 Å². The quantitative estimate of drug-likeness (QED) is 0.147. The normalized spacial score (nSPS) is 11.1. The zero-order valence-electron chi connectivity index (χ0n) is 20.9. The average molecular weight is 506 g/mol. The van der Waals surface area contributed by atoms with Crippen molar-refractivity contribution in [1.82, 2.24) is 5.43 Å². The Morgan fingerprint density at radius 1 is 1.00 bits per heavy atom. The summed E-state index contributed by atoms with van der Waals surface area (Å²) in [6.07, 6.45) is 1.40. The number of esters is 1. The molecule has 0 bridgehead atoms. The maximum Gasteiger partial charge on any atom is 0.343 e. The van der Waals surface area contributed by atoms with Crippen molar-refractivity contribution < 1.29 is 28.7 Å². The van der Waals surface area contributed by atoms with Gasteiger partial charge in [0, 0.05) is 12.1 Å². The molecule has 0 aliphatic rings. The van der Waals surface area contributed by atoms with E-state index in [0.717, 1.165) is 5.56 Å². The molecule has 0 radical (unpaired) electrons. The maximum atomic E-state index is 12.4. The summed E-state index contributed by atoms with van der Waals surface area (Å²) < 4.78 is 16.1. The van der Waals surface area contributed by atoms with Gasteiger partial charge in [0.25, 0.3) is 11.6 Å². The van der Waals surface area contributed by atoms with Crippen molar-refractivity contribution in [3.8, 4) is 17.2 Å². The van der Waals surface area contributed by atoms with E-state index in [0.29, 0.717) is 11.3 Å². The van der Waals surface area contributed by atoms with E-state index in [1.54, 1.807) is 12.1 Å². The Bertz CT molecular complexity index is 1300. The van der Waals surface area contributed by atoms with Crippen molar-refractivity contribution in [2.75, 3.05) is 13.7 Å². The van der Waals surface area contributed by atoms with Crippen molar-refractivity contribution in [2.24, 2.45) is 5.10 Å². The van der Waals surface area contributed by atoms with Crippen LogP contribution in [0.15, 0.2) is 71.8 Å². The molecule has 37 heavy (non-hydrogen) atoms. The lowest BCUT2D eigenvalue weighted by molar-refractivity contribution is -0.384. The Kier molecular flexibility index (Phi) is 8.57. The van der Waals surface area contributed by atoms with Crippen molar-refractivity contribution in [2.45, 2.75) is 26.2 Å². The van der Waals surface area contributed by atoms with Gasteiger partial charge in [-0.25, -0.2) is 10.2 Å². The first kappa shape index (κ1) is 26.9. The predicted octanol–water partition coefficient (Wildman–Crippen LogP) is 4.65. The highest BCUT2D eigenvalue weighted by Crippen LogP contribution is 2.29. The minimum atomic E-state index is -0.699. The molecule has 0 aliphatic carbocycles. The van der Waals surface area contributed by atoms with E-state index < -0.39 is 16.8 Å². The molecule has 0 aromatic heterocycles. The number of benzene rings is 3. The Hall–Kier alpha value is -4.73. The van der Waals surface area contributed by atoms with Gasteiger partial charge in [-0.2, -0.15) is 5.10 Å². The first-order valence-corrected chi connectivity index (χ1v) is 11.3. The maximum absolute atomic E-state index is 12.4. The van der Waals surface area contributed by atoms with Crippen LogP contribution in [0.4, 0.5) is 5.69 Å². The fourth-order valence-electron chi connectivity index (χ4n) is 3.14. The summed E-state index contributed by atoms with van der Waals surface area (Å²) in [6.45, 7) is 6.15. The Labute approximate surface area is 214 Å². The van der Waals surface area contributed by atoms with E-state index in [-0.39, 0.29) is 34.8 Å². The zero-order chi connectivity index (χ0) is 27.0. The molecular formula is C27H27N3O7. The summed E-state index contributed by atoms with van der Waals surface area (Å²) >= 11 is 0. The van der Waals surface area contributed by atoms with Gasteiger partial charge < -0.3 is 14.2 Å². The topological polar surface area (TPSA) is 129 Å². The molecule has 1 N–H and O–H groups in total. The lowest BCUT2D eigenvalue weighted by Crippen LogP contribution is -2.24. The van der Waals surface area contributed by atoms with Crippen LogP contribution < -0.4 is 19.6 Å². The first-order valence-electron chi connectivity index (χ1n) is 11.3. The van der Waals surface area contributed by atoms with Crippen LogP contribution in [0.3, 0.4) is 0 Å². The van der Waals surface area contributed by atoms with Crippen molar-refractivity contribution in [3.05, 3.63) is 93.5 Å². The van der Waals surface area contributed by atoms with Gasteiger partial charge in [-0.3, -0.25) is 14.9 Å². The number of nitrogens with zero attached hydrogens (tertiary/aromatic N) is 2. The molecule has 1 amide bonds. The molecule has 3 aromatic carbocycles. The molecule has 0 fully saturated rings. The number of methoxy groups -OCH3 is 1. The SMILES string of the molecule is COc1cc(C=NNC(=O)COc2ccc(C(C)(C)C)cc2)ccc1OC(=O)c1ccc([N+](=O)[O-])cc1. The van der Waals surface area contributed by atoms with E-state index in [9.17, 15) is 19.7 Å². The number of ether oxygens (including phenoxy) is 3. The van der Waals surface area contributed by atoms with Crippen LogP contribution in [0.1, 0.15) is 42.3 Å². The Balaban J connectivity index is 1.54. The third-order valence-corrected chi connectivity index (χ3v) is 5.20. The molecule has 0 aliphatic heterocycles. The van der Waals surface area contributed by atoms with Gasteiger partial charge in [0.15, 0.2) is 18.1 Å². The van der Waals surface area contributed by atoms with Gasteiger partial charge in [0.1, 0.15) is 5.75 Å². The molecule has 192 valence electrons. The van der Waals surface area contributed by atoms with Crippen molar-refractivity contribution in [1.29, 1.82) is 0 Å². The predicted molar refractivity (Wildman–Crippen MR) is 137 cm³/mol. The molecule has 0 unspecified atom stereocenters. The number of hydrogen-bond acceptors (Lipinski definition) is 8. The van der Waals surface area contributed by atoms with Crippen molar-refractivity contribution >= 4 is 23.8 Å². The number of nitro benzene ring substituents is 1. The third kappa shape index (κ3) is 7.63. The highest BCUT2D eigenvalue weighted by Gasteiger charge is 2.15. The fraction of sp³-hybridized carbons (Fsp3) is 0.222. The van der Waals surface area contributed by atoms with E-state index in [1.165, 1.54) is 43.7 Å². The molecule has 0 saturated carbocycles. The summed E-state index contributed by atoms with van der Waals surface area (Å²) in [4.78, 5) is 34.6. The molecule has 0 heterocycles. The number of hydrogen-bond donors (Lipinski definition) is 1. The van der Waals surface area contributed by atoms with Crippen LogP contribution in [0.5, 0.6) is 17.2 Å². The first-order chi connectivity index (χ1) is 17.6. The molecule has 0 spiro atoms. The molecule has 10 nitrogen and oxygen atoms in total. The fourth-order valence-corrected chi connectivity index (χ4v) is 3.14. The summed E-state index contributed by atoms with van der Waals surface area (Å²) in [6, 6.07) is 17.3. The van der Waals surface area contributed by atoms with Crippen LogP contribution in [-0.2, 0) is 10.2 Å². The smallest absolute Gasteiger partial charge is 0.343 e. The standard InChI is InChI=1S/C27H27N3O7/c1-27(2,3)20-8-12-22(13-9-20)36-17-25(31)29-28-16-18-5-14-23(24(15-18)35-4)37-26(32)19-6-10-21(11-7-19)30(33)34/h5-16H,17H2,1-4H3,(H,29,31). The third-order valence-electron chi connectivity index (χ3n) is 5.20. The van der Waals surface area contributed by atoms with E-state index in [1.807, 2.05) is 24.3 Å². The minimum absolute atomic E-state index is 0.0281. The highest BCUT2D eigenvalue weighted by molar-refractivity contribution is 5.92. The number of nitro groups is 1. The van der Waals surface area contributed by atoms with Crippen LogP contribution in [0.25, 0.3) is 0 Å². The second-order valence-electron chi connectivity index (χ2n) is 8.96. The Morgan fingerprint density at radius 2 is 1.68 bits per heavy atom. The molecular weight excluding hydrogens is 478 g/mol. The molecule has 3 rings (SSSR count). The number of carbonyl (C=O) groups is 2. The van der Waals surface area contributed by atoms with E-state index in [2.05, 4.69) is 31.3 Å². The summed E-state index contributed by atoms with van der Waals surface area (Å²) in [5.41, 5.74) is 4.17. The van der Waals surface area contributed by atoms with Crippen LogP contribution in [0, 0.1) is 10.1 Å². The van der Waals surface area contributed by atoms with Gasteiger partial charge in [-0.1, -0.05) is 32.9 Å². The number of carbonyl (C=O) groups excluding carboxylic acids is 2. The molecule has 10 heteroatoms. The largest absolute Gasteiger partial charge is 0.493 e. The zero-order valence-corrected chi connectivity index (χ0v) is 20.9. The van der Waals surface area contributed by atoms with Gasteiger partial charge in [-0.15, -0.1) is 0 Å². The number of amides is 1. The average Bonchev–Trinajstić information content (AvgIpc) is 2.88. The minimum Gasteiger partial charge on any atom is -0.493 e. The highest BCUT2D eigenvalue weighted by atomic mass is 16.6. The summed E-state index contributed by atoms with van der Waals surface area (Å²) in [5.74, 6) is -0.145. The number of nitrogens with one attached hydrogen (secondary N) is 1. The van der Waals surface area contributed by atoms with Crippen LogP contribution in [-0.4, -0.2) is 36.7 Å². The molecule has 3 aromatic rings. The van der Waals surface area contributed by atoms with Gasteiger partial charge in [-0.05, 0) is 59.0 Å². The molecule has 0 saturated heterocycles. The lowest BCUT2D eigenvalue weighted by atomic mass is 9.87. The molecule has 0 atom stereocenters. The second kappa shape index (κ2) is 11.8. The monoisotopic (exact) mass is 505 g/mol.